The highest BCUT2D eigenvalue weighted by molar-refractivity contribution is 5.96. The van der Waals surface area contributed by atoms with Gasteiger partial charge in [0.1, 0.15) is 5.75 Å². The molecule has 0 aliphatic heterocycles. The zero-order valence-electron chi connectivity index (χ0n) is 10.6. The Morgan fingerprint density at radius 3 is 2.58 bits per heavy atom. The van der Waals surface area contributed by atoms with Crippen LogP contribution >= 0.6 is 0 Å². The Labute approximate surface area is 109 Å². The first-order valence-corrected chi connectivity index (χ1v) is 5.64. The van der Waals surface area contributed by atoms with E-state index in [0.717, 1.165) is 11.3 Å². The van der Waals surface area contributed by atoms with E-state index in [1.807, 2.05) is 31.2 Å². The molecule has 0 saturated heterocycles. The van der Waals surface area contributed by atoms with E-state index in [2.05, 4.69) is 20.3 Å². The summed E-state index contributed by atoms with van der Waals surface area (Å²) < 4.78 is 9.45. The second-order valence-corrected chi connectivity index (χ2v) is 3.97. The van der Waals surface area contributed by atoms with Crippen molar-refractivity contribution in [3.8, 4) is 5.75 Å². The molecule has 2 rings (SSSR count). The largest absolute Gasteiger partial charge is 0.497 e. The summed E-state index contributed by atoms with van der Waals surface area (Å²) in [7, 11) is 1.60. The zero-order chi connectivity index (χ0) is 13.8. The summed E-state index contributed by atoms with van der Waals surface area (Å²) in [6.07, 6.45) is 0. The molecule has 0 fully saturated rings. The lowest BCUT2D eigenvalue weighted by atomic mass is 10.1. The fourth-order valence-corrected chi connectivity index (χ4v) is 1.59. The number of anilines is 1. The normalized spacial score (nSPS) is 11.9. The van der Waals surface area contributed by atoms with Crippen LogP contribution in [0.25, 0.3) is 0 Å². The average molecular weight is 262 g/mol. The minimum Gasteiger partial charge on any atom is -0.497 e. The molecular formula is C12H14N4O3. The van der Waals surface area contributed by atoms with Gasteiger partial charge in [-0.2, -0.15) is 0 Å². The summed E-state index contributed by atoms with van der Waals surface area (Å²) in [4.78, 5) is 11.9. The molecule has 0 saturated carbocycles. The maximum Gasteiger partial charge on any atom is 0.277 e. The zero-order valence-corrected chi connectivity index (χ0v) is 10.6. The molecule has 0 spiro atoms. The van der Waals surface area contributed by atoms with E-state index in [9.17, 15) is 4.79 Å². The monoisotopic (exact) mass is 262 g/mol. The number of nitrogens with zero attached hydrogens (tertiary/aromatic N) is 2. The third-order valence-corrected chi connectivity index (χ3v) is 2.69. The van der Waals surface area contributed by atoms with E-state index < -0.39 is 5.91 Å². The molecule has 100 valence electrons. The predicted octanol–water partition coefficient (Wildman–Crippen LogP) is 1.15. The number of nitrogen functional groups attached to an aromatic ring is 1. The predicted molar refractivity (Wildman–Crippen MR) is 67.6 cm³/mol. The first-order valence-electron chi connectivity index (χ1n) is 5.64. The van der Waals surface area contributed by atoms with Gasteiger partial charge in [-0.3, -0.25) is 4.79 Å². The van der Waals surface area contributed by atoms with Crippen molar-refractivity contribution in [2.24, 2.45) is 0 Å². The number of carbonyl (C=O) groups is 1. The van der Waals surface area contributed by atoms with E-state index in [4.69, 9.17) is 10.5 Å². The van der Waals surface area contributed by atoms with Crippen molar-refractivity contribution >= 4 is 11.7 Å². The van der Waals surface area contributed by atoms with Crippen LogP contribution in [0.4, 0.5) is 5.82 Å². The first kappa shape index (κ1) is 12.9. The van der Waals surface area contributed by atoms with Gasteiger partial charge in [0.15, 0.2) is 0 Å². The molecule has 1 aromatic carbocycles. The van der Waals surface area contributed by atoms with Gasteiger partial charge in [-0.05, 0) is 34.9 Å². The van der Waals surface area contributed by atoms with Crippen LogP contribution in [-0.4, -0.2) is 23.3 Å². The third kappa shape index (κ3) is 2.82. The number of aromatic nitrogens is 2. The van der Waals surface area contributed by atoms with Crippen LogP contribution in [0.5, 0.6) is 5.75 Å². The van der Waals surface area contributed by atoms with Crippen molar-refractivity contribution in [2.75, 3.05) is 12.8 Å². The molecule has 0 bridgehead atoms. The summed E-state index contributed by atoms with van der Waals surface area (Å²) in [6.45, 7) is 1.85. The third-order valence-electron chi connectivity index (χ3n) is 2.69. The lowest BCUT2D eigenvalue weighted by Crippen LogP contribution is -2.27. The van der Waals surface area contributed by atoms with Crippen LogP contribution in [0.1, 0.15) is 29.0 Å². The Morgan fingerprint density at radius 2 is 2.05 bits per heavy atom. The molecule has 0 aliphatic rings. The SMILES string of the molecule is COc1ccc(C(C)NC(=O)c2nonc2N)cc1. The summed E-state index contributed by atoms with van der Waals surface area (Å²) in [5, 5.41) is 9.56. The number of carbonyl (C=O) groups excluding carboxylic acids is 1. The fourth-order valence-electron chi connectivity index (χ4n) is 1.59. The number of hydrogen-bond acceptors (Lipinski definition) is 6. The van der Waals surface area contributed by atoms with Crippen LogP contribution < -0.4 is 15.8 Å². The highest BCUT2D eigenvalue weighted by atomic mass is 16.6. The van der Waals surface area contributed by atoms with E-state index in [1.54, 1.807) is 7.11 Å². The van der Waals surface area contributed by atoms with E-state index >= 15 is 0 Å². The molecule has 0 aliphatic carbocycles. The Hall–Kier alpha value is -2.57. The quantitative estimate of drug-likeness (QED) is 0.856. The van der Waals surface area contributed by atoms with E-state index in [0.29, 0.717) is 0 Å². The van der Waals surface area contributed by atoms with Crippen molar-refractivity contribution in [2.45, 2.75) is 13.0 Å². The van der Waals surface area contributed by atoms with Crippen LogP contribution in [0.3, 0.4) is 0 Å². The van der Waals surface area contributed by atoms with Crippen molar-refractivity contribution in [3.63, 3.8) is 0 Å². The van der Waals surface area contributed by atoms with Crippen LogP contribution in [0, 0.1) is 0 Å². The van der Waals surface area contributed by atoms with E-state index in [1.165, 1.54) is 0 Å². The van der Waals surface area contributed by atoms with Gasteiger partial charge in [0.05, 0.1) is 13.2 Å². The molecule has 3 N–H and O–H groups in total. The molecule has 1 amide bonds. The lowest BCUT2D eigenvalue weighted by molar-refractivity contribution is 0.0930. The number of rotatable bonds is 4. The Morgan fingerprint density at radius 1 is 1.37 bits per heavy atom. The number of nitrogens with one attached hydrogen (secondary N) is 1. The Bertz CT molecular complexity index is 565. The number of nitrogens with two attached hydrogens (primary N) is 1. The van der Waals surface area contributed by atoms with Gasteiger partial charge in [-0.1, -0.05) is 12.1 Å². The summed E-state index contributed by atoms with van der Waals surface area (Å²) in [6, 6.07) is 7.19. The highest BCUT2D eigenvalue weighted by Crippen LogP contribution is 2.18. The topological polar surface area (TPSA) is 103 Å². The number of methoxy groups -OCH3 is 1. The van der Waals surface area contributed by atoms with Gasteiger partial charge in [0.2, 0.25) is 11.5 Å². The Balaban J connectivity index is 2.06. The molecule has 19 heavy (non-hydrogen) atoms. The molecule has 0 radical (unpaired) electrons. The smallest absolute Gasteiger partial charge is 0.277 e. The van der Waals surface area contributed by atoms with Gasteiger partial charge in [-0.15, -0.1) is 0 Å². The van der Waals surface area contributed by atoms with Crippen LogP contribution in [-0.2, 0) is 0 Å². The van der Waals surface area contributed by atoms with Gasteiger partial charge >= 0.3 is 0 Å². The molecule has 7 heteroatoms. The van der Waals surface area contributed by atoms with Gasteiger partial charge in [-0.25, -0.2) is 4.63 Å². The molecule has 1 atom stereocenters. The second-order valence-electron chi connectivity index (χ2n) is 3.97. The maximum atomic E-state index is 11.9. The van der Waals surface area contributed by atoms with Gasteiger partial charge in [0.25, 0.3) is 5.91 Å². The lowest BCUT2D eigenvalue weighted by Gasteiger charge is -2.13. The first-order chi connectivity index (χ1) is 9.11. The van der Waals surface area contributed by atoms with E-state index in [-0.39, 0.29) is 17.6 Å². The van der Waals surface area contributed by atoms with Crippen molar-refractivity contribution < 1.29 is 14.2 Å². The number of ether oxygens (including phenoxy) is 1. The maximum absolute atomic E-state index is 11.9. The van der Waals surface area contributed by atoms with Gasteiger partial charge in [0, 0.05) is 0 Å². The van der Waals surface area contributed by atoms with Crippen molar-refractivity contribution in [1.29, 1.82) is 0 Å². The second kappa shape index (κ2) is 5.38. The molecular weight excluding hydrogens is 248 g/mol. The number of hydrogen-bond donors (Lipinski definition) is 2. The molecule has 7 nitrogen and oxygen atoms in total. The van der Waals surface area contributed by atoms with Crippen molar-refractivity contribution in [3.05, 3.63) is 35.5 Å². The minimum atomic E-state index is -0.429. The molecule has 1 unspecified atom stereocenters. The number of amides is 1. The molecule has 2 aromatic rings. The summed E-state index contributed by atoms with van der Waals surface area (Å²) >= 11 is 0. The standard InChI is InChI=1S/C12H14N4O3/c1-7(8-3-5-9(18-2)6-4-8)14-12(17)10-11(13)16-19-15-10/h3-7H,1-2H3,(H2,13,16)(H,14,17). The minimum absolute atomic E-state index is 0.0136. The highest BCUT2D eigenvalue weighted by Gasteiger charge is 2.18. The average Bonchev–Trinajstić information content (AvgIpc) is 2.85. The van der Waals surface area contributed by atoms with Crippen molar-refractivity contribution in [1.82, 2.24) is 15.6 Å². The molecule has 1 aromatic heterocycles. The summed E-state index contributed by atoms with van der Waals surface area (Å²) in [5.74, 6) is 0.300. The van der Waals surface area contributed by atoms with Crippen LogP contribution in [0.15, 0.2) is 28.9 Å². The van der Waals surface area contributed by atoms with Gasteiger partial charge < -0.3 is 15.8 Å². The van der Waals surface area contributed by atoms with Crippen LogP contribution in [0.2, 0.25) is 0 Å². The Kier molecular flexibility index (Phi) is 3.65. The summed E-state index contributed by atoms with van der Waals surface area (Å²) in [5.41, 5.74) is 6.37. The molecule has 1 heterocycles. The number of benzene rings is 1. The fraction of sp³-hybridized carbons (Fsp3) is 0.250.